The van der Waals surface area contributed by atoms with Crippen molar-refractivity contribution in [3.05, 3.63) is 29.3 Å². The molecule has 1 fully saturated rings. The van der Waals surface area contributed by atoms with Gasteiger partial charge in [-0.1, -0.05) is 6.92 Å². The summed E-state index contributed by atoms with van der Waals surface area (Å²) in [4.78, 5) is 10.8. The zero-order chi connectivity index (χ0) is 12.4. The number of carbonyl (C=O) groups is 1. The number of carboxylic acid groups (broad SMARTS) is 1. The van der Waals surface area contributed by atoms with Crippen LogP contribution in [0.3, 0.4) is 0 Å². The smallest absolute Gasteiger partial charge is 0.335 e. The minimum absolute atomic E-state index is 0.349. The van der Waals surface area contributed by atoms with Gasteiger partial charge in [0.1, 0.15) is 0 Å². The highest BCUT2D eigenvalue weighted by Gasteiger charge is 2.22. The first-order chi connectivity index (χ1) is 8.06. The van der Waals surface area contributed by atoms with Gasteiger partial charge in [-0.2, -0.15) is 11.8 Å². The number of hydrogen-bond acceptors (Lipinski definition) is 3. The highest BCUT2D eigenvalue weighted by atomic mass is 32.2. The van der Waals surface area contributed by atoms with Crippen molar-refractivity contribution < 1.29 is 9.90 Å². The highest BCUT2D eigenvalue weighted by molar-refractivity contribution is 8.00. The zero-order valence-electron chi connectivity index (χ0n) is 10.1. The Labute approximate surface area is 106 Å². The third-order valence-corrected chi connectivity index (χ3v) is 4.39. The Balaban J connectivity index is 2.09. The molecule has 92 valence electrons. The fourth-order valence-electron chi connectivity index (χ4n) is 2.10. The number of aryl methyl sites for hydroxylation is 1. The topological polar surface area (TPSA) is 49.3 Å². The Kier molecular flexibility index (Phi) is 3.62. The summed E-state index contributed by atoms with van der Waals surface area (Å²) in [6.45, 7) is 4.19. The van der Waals surface area contributed by atoms with Crippen LogP contribution in [-0.4, -0.2) is 28.1 Å². The number of benzene rings is 1. The fraction of sp³-hybridized carbons (Fsp3) is 0.462. The standard InChI is InChI=1S/C13H17NO2S/c1-8-5-10(13(15)16)3-4-12(8)14-11-6-9(2)17-7-11/h3-5,9,11,14H,6-7H2,1-2H3,(H,15,16). The molecule has 0 aliphatic carbocycles. The molecule has 17 heavy (non-hydrogen) atoms. The summed E-state index contributed by atoms with van der Waals surface area (Å²) in [6, 6.07) is 5.75. The molecule has 1 aromatic carbocycles. The molecule has 0 aromatic heterocycles. The van der Waals surface area contributed by atoms with Crippen LogP contribution in [0.5, 0.6) is 0 Å². The van der Waals surface area contributed by atoms with Crippen LogP contribution in [0.25, 0.3) is 0 Å². The van der Waals surface area contributed by atoms with Gasteiger partial charge >= 0.3 is 5.97 Å². The quantitative estimate of drug-likeness (QED) is 0.867. The van der Waals surface area contributed by atoms with E-state index in [0.717, 1.165) is 17.0 Å². The molecule has 0 spiro atoms. The lowest BCUT2D eigenvalue weighted by atomic mass is 10.1. The van der Waals surface area contributed by atoms with E-state index in [1.165, 1.54) is 6.42 Å². The van der Waals surface area contributed by atoms with E-state index in [1.54, 1.807) is 12.1 Å². The number of hydrogen-bond donors (Lipinski definition) is 2. The number of nitrogens with one attached hydrogen (secondary N) is 1. The highest BCUT2D eigenvalue weighted by Crippen LogP contribution is 2.29. The maximum absolute atomic E-state index is 10.8. The Bertz CT molecular complexity index is 433. The molecule has 0 bridgehead atoms. The Morgan fingerprint density at radius 2 is 2.29 bits per heavy atom. The van der Waals surface area contributed by atoms with Gasteiger partial charge in [0.05, 0.1) is 5.56 Å². The third kappa shape index (κ3) is 2.94. The van der Waals surface area contributed by atoms with Gasteiger partial charge in [-0.3, -0.25) is 0 Å². The summed E-state index contributed by atoms with van der Waals surface area (Å²) < 4.78 is 0. The first-order valence-corrected chi connectivity index (χ1v) is 6.83. The summed E-state index contributed by atoms with van der Waals surface area (Å²) in [6.07, 6.45) is 1.17. The van der Waals surface area contributed by atoms with E-state index in [-0.39, 0.29) is 0 Å². The van der Waals surface area contributed by atoms with Gasteiger partial charge in [0.2, 0.25) is 0 Å². The molecule has 2 N–H and O–H groups in total. The van der Waals surface area contributed by atoms with Crippen molar-refractivity contribution in [2.75, 3.05) is 11.1 Å². The van der Waals surface area contributed by atoms with Gasteiger partial charge in [-0.15, -0.1) is 0 Å². The molecule has 1 saturated heterocycles. The summed E-state index contributed by atoms with van der Waals surface area (Å²) in [5, 5.41) is 13.1. The predicted octanol–water partition coefficient (Wildman–Crippen LogP) is 3.00. The van der Waals surface area contributed by atoms with Crippen molar-refractivity contribution >= 4 is 23.4 Å². The monoisotopic (exact) mass is 251 g/mol. The number of carboxylic acids is 1. The van der Waals surface area contributed by atoms with Crippen molar-refractivity contribution in [3.8, 4) is 0 Å². The van der Waals surface area contributed by atoms with E-state index in [0.29, 0.717) is 16.9 Å². The second kappa shape index (κ2) is 5.00. The van der Waals surface area contributed by atoms with Gasteiger partial charge in [-0.25, -0.2) is 4.79 Å². The lowest BCUT2D eigenvalue weighted by molar-refractivity contribution is 0.0697. The lowest BCUT2D eigenvalue weighted by Crippen LogP contribution is -2.19. The molecule has 0 saturated carbocycles. The predicted molar refractivity (Wildman–Crippen MR) is 72.1 cm³/mol. The molecule has 1 heterocycles. The van der Waals surface area contributed by atoms with Crippen LogP contribution in [0.1, 0.15) is 29.3 Å². The van der Waals surface area contributed by atoms with Crippen LogP contribution in [0.2, 0.25) is 0 Å². The van der Waals surface area contributed by atoms with Crippen molar-refractivity contribution in [1.29, 1.82) is 0 Å². The minimum Gasteiger partial charge on any atom is -0.478 e. The number of thioether (sulfide) groups is 1. The molecular formula is C13H17NO2S. The molecule has 2 rings (SSSR count). The van der Waals surface area contributed by atoms with Crippen LogP contribution >= 0.6 is 11.8 Å². The molecular weight excluding hydrogens is 234 g/mol. The fourth-order valence-corrected chi connectivity index (χ4v) is 3.24. The molecule has 0 radical (unpaired) electrons. The van der Waals surface area contributed by atoms with Crippen molar-refractivity contribution in [2.45, 2.75) is 31.6 Å². The van der Waals surface area contributed by atoms with E-state index in [4.69, 9.17) is 5.11 Å². The SMILES string of the molecule is Cc1cc(C(=O)O)ccc1NC1CSC(C)C1. The normalized spacial score (nSPS) is 23.6. The molecule has 2 unspecified atom stereocenters. The Morgan fingerprint density at radius 3 is 2.82 bits per heavy atom. The van der Waals surface area contributed by atoms with E-state index in [1.807, 2.05) is 24.8 Å². The molecule has 1 aromatic rings. The van der Waals surface area contributed by atoms with Crippen LogP contribution in [0, 0.1) is 6.92 Å². The number of aromatic carboxylic acids is 1. The van der Waals surface area contributed by atoms with Gasteiger partial charge < -0.3 is 10.4 Å². The molecule has 1 aliphatic rings. The average Bonchev–Trinajstić information content (AvgIpc) is 2.67. The summed E-state index contributed by atoms with van der Waals surface area (Å²) in [5.74, 6) is 0.256. The van der Waals surface area contributed by atoms with Crippen LogP contribution in [-0.2, 0) is 0 Å². The lowest BCUT2D eigenvalue weighted by Gasteiger charge is -2.15. The Hall–Kier alpha value is -1.16. The Morgan fingerprint density at radius 1 is 1.53 bits per heavy atom. The average molecular weight is 251 g/mol. The number of anilines is 1. The van der Waals surface area contributed by atoms with E-state index in [9.17, 15) is 4.79 Å². The maximum atomic E-state index is 10.8. The second-order valence-corrected chi connectivity index (χ2v) is 6.03. The van der Waals surface area contributed by atoms with Crippen molar-refractivity contribution in [2.24, 2.45) is 0 Å². The van der Waals surface area contributed by atoms with Crippen molar-refractivity contribution in [3.63, 3.8) is 0 Å². The third-order valence-electron chi connectivity index (χ3n) is 3.03. The van der Waals surface area contributed by atoms with Crippen LogP contribution < -0.4 is 5.32 Å². The largest absolute Gasteiger partial charge is 0.478 e. The van der Waals surface area contributed by atoms with Crippen molar-refractivity contribution in [1.82, 2.24) is 0 Å². The van der Waals surface area contributed by atoms with E-state index < -0.39 is 5.97 Å². The van der Waals surface area contributed by atoms with Gasteiger partial charge in [-0.05, 0) is 37.1 Å². The second-order valence-electron chi connectivity index (χ2n) is 4.56. The molecule has 0 amide bonds. The van der Waals surface area contributed by atoms with Crippen LogP contribution in [0.15, 0.2) is 18.2 Å². The zero-order valence-corrected chi connectivity index (χ0v) is 10.9. The summed E-state index contributed by atoms with van der Waals surface area (Å²) in [7, 11) is 0. The van der Waals surface area contributed by atoms with Gasteiger partial charge in [0.25, 0.3) is 0 Å². The van der Waals surface area contributed by atoms with Gasteiger partial charge in [0, 0.05) is 22.7 Å². The molecule has 2 atom stereocenters. The van der Waals surface area contributed by atoms with E-state index >= 15 is 0 Å². The summed E-state index contributed by atoms with van der Waals surface area (Å²) >= 11 is 1.98. The summed E-state index contributed by atoms with van der Waals surface area (Å²) in [5.41, 5.74) is 2.39. The molecule has 1 aliphatic heterocycles. The minimum atomic E-state index is -0.871. The first-order valence-electron chi connectivity index (χ1n) is 5.78. The maximum Gasteiger partial charge on any atom is 0.335 e. The first kappa shape index (κ1) is 12.3. The number of rotatable bonds is 3. The van der Waals surface area contributed by atoms with E-state index in [2.05, 4.69) is 12.2 Å². The van der Waals surface area contributed by atoms with Gasteiger partial charge in [0.15, 0.2) is 0 Å². The molecule has 4 heteroatoms. The van der Waals surface area contributed by atoms with Crippen LogP contribution in [0.4, 0.5) is 5.69 Å². The molecule has 3 nitrogen and oxygen atoms in total.